The van der Waals surface area contributed by atoms with E-state index in [1.807, 2.05) is 0 Å². The Bertz CT molecular complexity index is 370. The summed E-state index contributed by atoms with van der Waals surface area (Å²) in [4.78, 5) is 11.0. The molecule has 0 aliphatic carbocycles. The third-order valence-corrected chi connectivity index (χ3v) is 2.19. The first-order valence-corrected chi connectivity index (χ1v) is 4.69. The van der Waals surface area contributed by atoms with E-state index in [0.29, 0.717) is 10.6 Å². The Hall–Kier alpha value is -1.13. The van der Waals surface area contributed by atoms with Gasteiger partial charge < -0.3 is 10.5 Å². The fourth-order valence-electron chi connectivity index (χ4n) is 1.16. The number of rotatable bonds is 3. The highest BCUT2D eigenvalue weighted by Gasteiger charge is 2.16. The van der Waals surface area contributed by atoms with E-state index < -0.39 is 17.8 Å². The summed E-state index contributed by atoms with van der Waals surface area (Å²) >= 11 is 5.58. The average Bonchev–Trinajstić information content (AvgIpc) is 2.20. The molecule has 2 N–H and O–H groups in total. The summed E-state index contributed by atoms with van der Waals surface area (Å²) in [5.41, 5.74) is 5.84. The van der Waals surface area contributed by atoms with Crippen LogP contribution in [0.5, 0.6) is 0 Å². The third kappa shape index (κ3) is 3.18. The Kier molecular flexibility index (Phi) is 4.05. The second kappa shape index (κ2) is 5.09. The van der Waals surface area contributed by atoms with E-state index >= 15 is 0 Å². The molecule has 1 rings (SSSR count). The molecule has 0 amide bonds. The van der Waals surface area contributed by atoms with Gasteiger partial charge in [0, 0.05) is 11.4 Å². The van der Waals surface area contributed by atoms with Crippen molar-refractivity contribution in [2.45, 2.75) is 12.5 Å². The van der Waals surface area contributed by atoms with Crippen molar-refractivity contribution in [1.29, 1.82) is 0 Å². The first kappa shape index (κ1) is 11.9. The monoisotopic (exact) mass is 231 g/mol. The second-order valence-corrected chi connectivity index (χ2v) is 3.51. The molecule has 1 atom stereocenters. The SMILES string of the molecule is COC(=O)[C@@H](N)Cc1ccc(Cl)cc1F. The van der Waals surface area contributed by atoms with Gasteiger partial charge in [0.15, 0.2) is 0 Å². The Morgan fingerprint density at radius 2 is 2.33 bits per heavy atom. The van der Waals surface area contributed by atoms with E-state index in [1.165, 1.54) is 19.2 Å². The van der Waals surface area contributed by atoms with Crippen LogP contribution in [0.3, 0.4) is 0 Å². The largest absolute Gasteiger partial charge is 0.468 e. The van der Waals surface area contributed by atoms with Crippen LogP contribution in [0.1, 0.15) is 5.56 Å². The molecule has 0 radical (unpaired) electrons. The molecular weight excluding hydrogens is 221 g/mol. The van der Waals surface area contributed by atoms with Crippen LogP contribution in [0.4, 0.5) is 4.39 Å². The molecule has 0 saturated carbocycles. The molecule has 0 aliphatic rings. The van der Waals surface area contributed by atoms with Crippen LogP contribution >= 0.6 is 11.6 Å². The lowest BCUT2D eigenvalue weighted by Gasteiger charge is -2.09. The van der Waals surface area contributed by atoms with Gasteiger partial charge in [0.2, 0.25) is 0 Å². The molecule has 15 heavy (non-hydrogen) atoms. The predicted octanol–water partition coefficient (Wildman–Crippen LogP) is 1.52. The topological polar surface area (TPSA) is 52.3 Å². The maximum absolute atomic E-state index is 13.3. The van der Waals surface area contributed by atoms with Crippen LogP contribution in [-0.2, 0) is 16.0 Å². The smallest absolute Gasteiger partial charge is 0.322 e. The highest BCUT2D eigenvalue weighted by atomic mass is 35.5. The lowest BCUT2D eigenvalue weighted by atomic mass is 10.1. The van der Waals surface area contributed by atoms with Crippen LogP contribution in [0.25, 0.3) is 0 Å². The number of carbonyl (C=O) groups is 1. The van der Waals surface area contributed by atoms with Crippen molar-refractivity contribution < 1.29 is 13.9 Å². The normalized spacial score (nSPS) is 12.3. The molecule has 3 nitrogen and oxygen atoms in total. The Morgan fingerprint density at radius 3 is 2.87 bits per heavy atom. The van der Waals surface area contributed by atoms with Gasteiger partial charge in [-0.1, -0.05) is 17.7 Å². The zero-order valence-corrected chi connectivity index (χ0v) is 8.92. The number of halogens is 2. The molecule has 0 fully saturated rings. The Morgan fingerprint density at radius 1 is 1.67 bits per heavy atom. The van der Waals surface area contributed by atoms with Crippen LogP contribution in [0.15, 0.2) is 18.2 Å². The van der Waals surface area contributed by atoms with Crippen molar-refractivity contribution in [3.8, 4) is 0 Å². The summed E-state index contributed by atoms with van der Waals surface area (Å²) in [6.45, 7) is 0. The number of ether oxygens (including phenoxy) is 1. The highest BCUT2D eigenvalue weighted by molar-refractivity contribution is 6.30. The molecular formula is C10H11ClFNO2. The van der Waals surface area contributed by atoms with E-state index in [9.17, 15) is 9.18 Å². The molecule has 0 aliphatic heterocycles. The summed E-state index contributed by atoms with van der Waals surface area (Å²) in [5.74, 6) is -1.04. The summed E-state index contributed by atoms with van der Waals surface area (Å²) in [7, 11) is 1.24. The van der Waals surface area contributed by atoms with Gasteiger partial charge in [0.1, 0.15) is 11.9 Å². The Labute approximate surface area is 92.0 Å². The first-order valence-electron chi connectivity index (χ1n) is 4.32. The molecule has 1 aromatic carbocycles. The fourth-order valence-corrected chi connectivity index (χ4v) is 1.32. The number of esters is 1. The van der Waals surface area contributed by atoms with Gasteiger partial charge in [-0.05, 0) is 17.7 Å². The minimum absolute atomic E-state index is 0.0929. The molecule has 0 unspecified atom stereocenters. The van der Waals surface area contributed by atoms with Crippen molar-refractivity contribution in [1.82, 2.24) is 0 Å². The van der Waals surface area contributed by atoms with Gasteiger partial charge in [-0.3, -0.25) is 4.79 Å². The minimum atomic E-state index is -0.856. The van der Waals surface area contributed by atoms with E-state index in [-0.39, 0.29) is 6.42 Å². The van der Waals surface area contributed by atoms with Crippen molar-refractivity contribution in [2.24, 2.45) is 5.73 Å². The molecule has 82 valence electrons. The standard InChI is InChI=1S/C10H11ClFNO2/c1-15-10(14)9(13)4-6-2-3-7(11)5-8(6)12/h2-3,5,9H,4,13H2,1H3/t9-/m0/s1. The molecule has 0 bridgehead atoms. The zero-order valence-electron chi connectivity index (χ0n) is 8.17. The summed E-state index contributed by atoms with van der Waals surface area (Å²) < 4.78 is 17.7. The van der Waals surface area contributed by atoms with E-state index in [1.54, 1.807) is 6.07 Å². The average molecular weight is 232 g/mol. The quantitative estimate of drug-likeness (QED) is 0.803. The zero-order chi connectivity index (χ0) is 11.4. The van der Waals surface area contributed by atoms with Gasteiger partial charge in [0.25, 0.3) is 0 Å². The molecule has 1 aromatic rings. The number of carbonyl (C=O) groups excluding carboxylic acids is 1. The number of hydrogen-bond acceptors (Lipinski definition) is 3. The van der Waals surface area contributed by atoms with Crippen molar-refractivity contribution in [2.75, 3.05) is 7.11 Å². The lowest BCUT2D eigenvalue weighted by molar-refractivity contribution is -0.142. The molecule has 0 heterocycles. The number of benzene rings is 1. The maximum atomic E-state index is 13.3. The molecule has 5 heteroatoms. The summed E-state index contributed by atoms with van der Waals surface area (Å²) in [6, 6.07) is 3.37. The minimum Gasteiger partial charge on any atom is -0.468 e. The van der Waals surface area contributed by atoms with E-state index in [4.69, 9.17) is 17.3 Å². The van der Waals surface area contributed by atoms with Gasteiger partial charge in [-0.15, -0.1) is 0 Å². The van der Waals surface area contributed by atoms with Crippen molar-refractivity contribution in [3.05, 3.63) is 34.6 Å². The van der Waals surface area contributed by atoms with E-state index in [2.05, 4.69) is 4.74 Å². The maximum Gasteiger partial charge on any atom is 0.322 e. The fraction of sp³-hybridized carbons (Fsp3) is 0.300. The van der Waals surface area contributed by atoms with Crippen LogP contribution < -0.4 is 5.73 Å². The summed E-state index contributed by atoms with van der Waals surface area (Å²) in [5, 5.41) is 0.308. The number of nitrogens with two attached hydrogens (primary N) is 1. The summed E-state index contributed by atoms with van der Waals surface area (Å²) in [6.07, 6.45) is 0.0929. The van der Waals surface area contributed by atoms with E-state index in [0.717, 1.165) is 0 Å². The second-order valence-electron chi connectivity index (χ2n) is 3.07. The lowest BCUT2D eigenvalue weighted by Crippen LogP contribution is -2.33. The van der Waals surface area contributed by atoms with Crippen molar-refractivity contribution >= 4 is 17.6 Å². The third-order valence-electron chi connectivity index (χ3n) is 1.96. The predicted molar refractivity (Wildman–Crippen MR) is 55.1 cm³/mol. The number of methoxy groups -OCH3 is 1. The Balaban J connectivity index is 2.76. The van der Waals surface area contributed by atoms with Crippen LogP contribution in [0.2, 0.25) is 5.02 Å². The van der Waals surface area contributed by atoms with Gasteiger partial charge >= 0.3 is 5.97 Å². The number of hydrogen-bond donors (Lipinski definition) is 1. The van der Waals surface area contributed by atoms with Crippen molar-refractivity contribution in [3.63, 3.8) is 0 Å². The van der Waals surface area contributed by atoms with Crippen LogP contribution in [0, 0.1) is 5.82 Å². The first-order chi connectivity index (χ1) is 7.04. The molecule has 0 saturated heterocycles. The van der Waals surface area contributed by atoms with Gasteiger partial charge in [-0.25, -0.2) is 4.39 Å². The molecule has 0 aromatic heterocycles. The van der Waals surface area contributed by atoms with Crippen LogP contribution in [-0.4, -0.2) is 19.1 Å². The van der Waals surface area contributed by atoms with Gasteiger partial charge in [0.05, 0.1) is 7.11 Å². The highest BCUT2D eigenvalue weighted by Crippen LogP contribution is 2.15. The molecule has 0 spiro atoms. The van der Waals surface area contributed by atoms with Gasteiger partial charge in [-0.2, -0.15) is 0 Å².